The molecule has 0 aliphatic carbocycles. The summed E-state index contributed by atoms with van der Waals surface area (Å²) in [5.41, 5.74) is 4.50. The molecule has 1 atom stereocenters. The molecule has 2 rings (SSSR count). The average Bonchev–Trinajstić information content (AvgIpc) is 2.81. The SMILES string of the molecule is CCCc1nnsc1C(NN)c1cnccn1. The Hall–Kier alpha value is -1.44. The molecule has 1 unspecified atom stereocenters. The summed E-state index contributed by atoms with van der Waals surface area (Å²) < 4.78 is 3.98. The highest BCUT2D eigenvalue weighted by molar-refractivity contribution is 7.05. The molecule has 7 heteroatoms. The predicted octanol–water partition coefficient (Wildman–Crippen LogP) is 0.833. The first-order valence-electron chi connectivity index (χ1n) is 5.40. The van der Waals surface area contributed by atoms with Crippen molar-refractivity contribution in [2.75, 3.05) is 0 Å². The molecule has 0 spiro atoms. The zero-order valence-corrected chi connectivity index (χ0v) is 10.3. The molecule has 0 aliphatic rings. The smallest absolute Gasteiger partial charge is 0.102 e. The van der Waals surface area contributed by atoms with Crippen LogP contribution in [0, 0.1) is 0 Å². The maximum absolute atomic E-state index is 5.59. The quantitative estimate of drug-likeness (QED) is 0.603. The molecular weight excluding hydrogens is 236 g/mol. The fourth-order valence-corrected chi connectivity index (χ4v) is 2.37. The molecule has 0 aliphatic heterocycles. The molecule has 2 aromatic heterocycles. The molecule has 0 bridgehead atoms. The number of rotatable bonds is 5. The largest absolute Gasteiger partial charge is 0.270 e. The summed E-state index contributed by atoms with van der Waals surface area (Å²) in [6.45, 7) is 2.11. The van der Waals surface area contributed by atoms with E-state index in [1.807, 2.05) is 0 Å². The van der Waals surface area contributed by atoms with Gasteiger partial charge in [-0.2, -0.15) is 0 Å². The van der Waals surface area contributed by atoms with Crippen molar-refractivity contribution in [3.05, 3.63) is 34.9 Å². The zero-order chi connectivity index (χ0) is 12.1. The minimum Gasteiger partial charge on any atom is -0.270 e. The van der Waals surface area contributed by atoms with E-state index in [-0.39, 0.29) is 6.04 Å². The Kier molecular flexibility index (Phi) is 4.08. The van der Waals surface area contributed by atoms with Gasteiger partial charge in [0.1, 0.15) is 6.04 Å². The van der Waals surface area contributed by atoms with Crippen LogP contribution in [0.1, 0.15) is 35.7 Å². The lowest BCUT2D eigenvalue weighted by molar-refractivity contribution is 0.618. The van der Waals surface area contributed by atoms with Gasteiger partial charge in [-0.05, 0) is 18.0 Å². The highest BCUT2D eigenvalue weighted by atomic mass is 32.1. The van der Waals surface area contributed by atoms with Gasteiger partial charge in [0, 0.05) is 12.4 Å². The Morgan fingerprint density at radius 1 is 1.47 bits per heavy atom. The maximum Gasteiger partial charge on any atom is 0.102 e. The molecular formula is C10H14N6S. The molecule has 17 heavy (non-hydrogen) atoms. The van der Waals surface area contributed by atoms with Gasteiger partial charge in [-0.25, -0.2) is 5.43 Å². The summed E-state index contributed by atoms with van der Waals surface area (Å²) in [6.07, 6.45) is 6.89. The molecule has 0 aromatic carbocycles. The third kappa shape index (κ3) is 2.63. The van der Waals surface area contributed by atoms with E-state index in [0.29, 0.717) is 0 Å². The number of hydrazine groups is 1. The van der Waals surface area contributed by atoms with Crippen molar-refractivity contribution < 1.29 is 0 Å². The second kappa shape index (κ2) is 5.76. The third-order valence-corrected chi connectivity index (χ3v) is 3.21. The van der Waals surface area contributed by atoms with Gasteiger partial charge >= 0.3 is 0 Å². The van der Waals surface area contributed by atoms with Crippen LogP contribution in [0.5, 0.6) is 0 Å². The summed E-state index contributed by atoms with van der Waals surface area (Å²) in [4.78, 5) is 9.31. The number of aromatic nitrogens is 4. The summed E-state index contributed by atoms with van der Waals surface area (Å²) in [5.74, 6) is 5.59. The van der Waals surface area contributed by atoms with E-state index in [1.165, 1.54) is 11.5 Å². The van der Waals surface area contributed by atoms with E-state index in [4.69, 9.17) is 5.84 Å². The first-order chi connectivity index (χ1) is 8.36. The number of aryl methyl sites for hydroxylation is 1. The van der Waals surface area contributed by atoms with Gasteiger partial charge in [0.25, 0.3) is 0 Å². The highest BCUT2D eigenvalue weighted by Crippen LogP contribution is 2.25. The van der Waals surface area contributed by atoms with E-state index in [2.05, 4.69) is 31.9 Å². The van der Waals surface area contributed by atoms with Crippen molar-refractivity contribution in [3.63, 3.8) is 0 Å². The van der Waals surface area contributed by atoms with Crippen LogP contribution in [-0.4, -0.2) is 19.6 Å². The summed E-state index contributed by atoms with van der Waals surface area (Å²) >= 11 is 1.35. The average molecular weight is 250 g/mol. The first kappa shape index (κ1) is 12.0. The van der Waals surface area contributed by atoms with Gasteiger partial charge in [0.15, 0.2) is 0 Å². The van der Waals surface area contributed by atoms with Crippen LogP contribution in [-0.2, 0) is 6.42 Å². The highest BCUT2D eigenvalue weighted by Gasteiger charge is 2.20. The monoisotopic (exact) mass is 250 g/mol. The second-order valence-electron chi connectivity index (χ2n) is 3.56. The molecule has 2 aromatic rings. The van der Waals surface area contributed by atoms with E-state index in [0.717, 1.165) is 29.1 Å². The Bertz CT molecular complexity index is 457. The normalized spacial score (nSPS) is 12.6. The molecule has 0 saturated carbocycles. The molecule has 3 N–H and O–H groups in total. The van der Waals surface area contributed by atoms with Gasteiger partial charge in [0.05, 0.1) is 22.5 Å². The number of nitrogens with one attached hydrogen (secondary N) is 1. The predicted molar refractivity (Wildman–Crippen MR) is 65.1 cm³/mol. The van der Waals surface area contributed by atoms with Crippen LogP contribution in [0.2, 0.25) is 0 Å². The van der Waals surface area contributed by atoms with Gasteiger partial charge in [-0.15, -0.1) is 5.10 Å². The molecule has 0 amide bonds. The minimum atomic E-state index is -0.190. The molecule has 6 nitrogen and oxygen atoms in total. The van der Waals surface area contributed by atoms with Gasteiger partial charge < -0.3 is 0 Å². The standard InChI is InChI=1S/C10H14N6S/c1-2-3-7-10(17-16-15-7)9(14-11)8-6-12-4-5-13-8/h4-6,9,14H,2-3,11H2,1H3. The summed E-state index contributed by atoms with van der Waals surface area (Å²) in [5, 5.41) is 4.13. The number of nitrogens with two attached hydrogens (primary N) is 1. The fourth-order valence-electron chi connectivity index (χ4n) is 1.60. The Labute approximate surface area is 103 Å². The minimum absolute atomic E-state index is 0.190. The molecule has 0 fully saturated rings. The van der Waals surface area contributed by atoms with Crippen molar-refractivity contribution in [2.45, 2.75) is 25.8 Å². The van der Waals surface area contributed by atoms with Crippen molar-refractivity contribution >= 4 is 11.5 Å². The van der Waals surface area contributed by atoms with Gasteiger partial charge in [0.2, 0.25) is 0 Å². The molecule has 0 saturated heterocycles. The van der Waals surface area contributed by atoms with Crippen molar-refractivity contribution in [3.8, 4) is 0 Å². The van der Waals surface area contributed by atoms with Crippen LogP contribution >= 0.6 is 11.5 Å². The van der Waals surface area contributed by atoms with Crippen LogP contribution in [0.25, 0.3) is 0 Å². The van der Waals surface area contributed by atoms with Crippen molar-refractivity contribution in [2.24, 2.45) is 5.84 Å². The number of nitrogens with zero attached hydrogens (tertiary/aromatic N) is 4. The number of hydrogen-bond acceptors (Lipinski definition) is 7. The van der Waals surface area contributed by atoms with E-state index in [9.17, 15) is 0 Å². The Balaban J connectivity index is 2.32. The lowest BCUT2D eigenvalue weighted by Gasteiger charge is -2.13. The lowest BCUT2D eigenvalue weighted by Crippen LogP contribution is -2.29. The van der Waals surface area contributed by atoms with Gasteiger partial charge in [-0.1, -0.05) is 17.8 Å². The zero-order valence-electron chi connectivity index (χ0n) is 9.50. The molecule has 2 heterocycles. The van der Waals surface area contributed by atoms with E-state index < -0.39 is 0 Å². The maximum atomic E-state index is 5.59. The summed E-state index contributed by atoms with van der Waals surface area (Å²) in [6, 6.07) is -0.190. The van der Waals surface area contributed by atoms with E-state index >= 15 is 0 Å². The molecule has 0 radical (unpaired) electrons. The second-order valence-corrected chi connectivity index (χ2v) is 4.35. The number of hydrogen-bond donors (Lipinski definition) is 2. The Morgan fingerprint density at radius 2 is 2.35 bits per heavy atom. The van der Waals surface area contributed by atoms with Crippen LogP contribution < -0.4 is 11.3 Å². The van der Waals surface area contributed by atoms with Gasteiger partial charge in [-0.3, -0.25) is 15.8 Å². The lowest BCUT2D eigenvalue weighted by atomic mass is 10.1. The van der Waals surface area contributed by atoms with Crippen LogP contribution in [0.15, 0.2) is 18.6 Å². The Morgan fingerprint density at radius 3 is 3.00 bits per heavy atom. The third-order valence-electron chi connectivity index (χ3n) is 2.38. The first-order valence-corrected chi connectivity index (χ1v) is 6.17. The van der Waals surface area contributed by atoms with Crippen LogP contribution in [0.3, 0.4) is 0 Å². The fraction of sp³-hybridized carbons (Fsp3) is 0.400. The van der Waals surface area contributed by atoms with Crippen LogP contribution in [0.4, 0.5) is 0 Å². The van der Waals surface area contributed by atoms with E-state index in [1.54, 1.807) is 18.6 Å². The van der Waals surface area contributed by atoms with Crippen molar-refractivity contribution in [1.29, 1.82) is 0 Å². The van der Waals surface area contributed by atoms with Crippen molar-refractivity contribution in [1.82, 2.24) is 25.0 Å². The molecule has 90 valence electrons. The topological polar surface area (TPSA) is 89.6 Å². The summed E-state index contributed by atoms with van der Waals surface area (Å²) in [7, 11) is 0.